The molecule has 2 heterocycles. The average molecular weight is 263 g/mol. The first-order chi connectivity index (χ1) is 9.21. The summed E-state index contributed by atoms with van der Waals surface area (Å²) in [6.45, 7) is 7.72. The van der Waals surface area contributed by atoms with Crippen LogP contribution < -0.4 is 5.32 Å². The van der Waals surface area contributed by atoms with E-state index in [2.05, 4.69) is 27.3 Å². The smallest absolute Gasteiger partial charge is 0.156 e. The van der Waals surface area contributed by atoms with Gasteiger partial charge in [-0.3, -0.25) is 4.68 Å². The zero-order valence-corrected chi connectivity index (χ0v) is 11.8. The van der Waals surface area contributed by atoms with Gasteiger partial charge >= 0.3 is 0 Å². The van der Waals surface area contributed by atoms with Crippen molar-refractivity contribution in [1.82, 2.24) is 19.7 Å². The second-order valence-corrected chi connectivity index (χ2v) is 4.44. The van der Waals surface area contributed by atoms with Crippen LogP contribution in [0.3, 0.4) is 0 Å². The first-order valence-electron chi connectivity index (χ1n) is 6.80. The molecule has 0 unspecified atom stereocenters. The van der Waals surface area contributed by atoms with Crippen molar-refractivity contribution in [3.05, 3.63) is 11.5 Å². The van der Waals surface area contributed by atoms with Crippen LogP contribution in [0.4, 0.5) is 5.82 Å². The quantitative estimate of drug-likeness (QED) is 0.773. The highest BCUT2D eigenvalue weighted by molar-refractivity contribution is 5.87. The molecule has 0 spiro atoms. The lowest BCUT2D eigenvalue weighted by Gasteiger charge is -2.09. The molecule has 19 heavy (non-hydrogen) atoms. The van der Waals surface area contributed by atoms with Crippen LogP contribution in [0.15, 0.2) is 0 Å². The number of aromatic nitrogens is 4. The summed E-state index contributed by atoms with van der Waals surface area (Å²) >= 11 is 0. The Morgan fingerprint density at radius 2 is 2.05 bits per heavy atom. The van der Waals surface area contributed by atoms with Crippen molar-refractivity contribution in [1.29, 1.82) is 0 Å². The number of aliphatic hydroxyl groups excluding tert-OH is 1. The summed E-state index contributed by atoms with van der Waals surface area (Å²) in [6.07, 6.45) is 1.49. The maximum absolute atomic E-state index is 8.87. The zero-order chi connectivity index (χ0) is 13.8. The highest BCUT2D eigenvalue weighted by atomic mass is 16.3. The van der Waals surface area contributed by atoms with E-state index in [1.165, 1.54) is 0 Å². The lowest BCUT2D eigenvalue weighted by atomic mass is 10.3. The van der Waals surface area contributed by atoms with Gasteiger partial charge in [0.1, 0.15) is 16.9 Å². The molecular weight excluding hydrogens is 242 g/mol. The molecule has 0 amide bonds. The first-order valence-corrected chi connectivity index (χ1v) is 6.80. The number of anilines is 1. The molecule has 0 aliphatic carbocycles. The Morgan fingerprint density at radius 3 is 2.68 bits per heavy atom. The van der Waals surface area contributed by atoms with E-state index in [0.29, 0.717) is 13.0 Å². The van der Waals surface area contributed by atoms with Gasteiger partial charge in [0, 0.05) is 26.1 Å². The van der Waals surface area contributed by atoms with Crippen molar-refractivity contribution >= 4 is 16.9 Å². The van der Waals surface area contributed by atoms with E-state index in [-0.39, 0.29) is 6.61 Å². The van der Waals surface area contributed by atoms with E-state index < -0.39 is 0 Å². The van der Waals surface area contributed by atoms with E-state index in [0.717, 1.165) is 41.3 Å². The van der Waals surface area contributed by atoms with Gasteiger partial charge in [0.05, 0.1) is 5.69 Å². The van der Waals surface area contributed by atoms with Gasteiger partial charge in [-0.15, -0.1) is 0 Å². The molecule has 2 aromatic heterocycles. The normalized spacial score (nSPS) is 11.2. The summed E-state index contributed by atoms with van der Waals surface area (Å²) in [6, 6.07) is 0. The van der Waals surface area contributed by atoms with Gasteiger partial charge in [-0.25, -0.2) is 9.97 Å². The van der Waals surface area contributed by atoms with Gasteiger partial charge in [0.2, 0.25) is 0 Å². The summed E-state index contributed by atoms with van der Waals surface area (Å²) < 4.78 is 1.92. The molecule has 0 saturated carbocycles. The zero-order valence-electron chi connectivity index (χ0n) is 11.8. The first kappa shape index (κ1) is 13.7. The Balaban J connectivity index is 2.50. The molecule has 0 aromatic carbocycles. The maximum atomic E-state index is 8.87. The predicted octanol–water partition coefficient (Wildman–Crippen LogP) is 1.51. The van der Waals surface area contributed by atoms with E-state index in [1.54, 1.807) is 0 Å². The van der Waals surface area contributed by atoms with Crippen molar-refractivity contribution in [3.8, 4) is 0 Å². The minimum atomic E-state index is 0.175. The number of hydrogen-bond donors (Lipinski definition) is 2. The summed E-state index contributed by atoms with van der Waals surface area (Å²) in [4.78, 5) is 9.12. The van der Waals surface area contributed by atoms with Gasteiger partial charge in [-0.2, -0.15) is 5.10 Å². The average Bonchev–Trinajstić information content (AvgIpc) is 2.76. The van der Waals surface area contributed by atoms with Gasteiger partial charge in [-0.1, -0.05) is 6.92 Å². The van der Waals surface area contributed by atoms with Crippen molar-refractivity contribution in [2.24, 2.45) is 0 Å². The van der Waals surface area contributed by atoms with E-state index in [4.69, 9.17) is 5.11 Å². The molecule has 6 nitrogen and oxygen atoms in total. The van der Waals surface area contributed by atoms with Crippen LogP contribution >= 0.6 is 0 Å². The van der Waals surface area contributed by atoms with Crippen molar-refractivity contribution in [3.63, 3.8) is 0 Å². The van der Waals surface area contributed by atoms with Crippen LogP contribution in [-0.2, 0) is 13.0 Å². The summed E-state index contributed by atoms with van der Waals surface area (Å²) in [5.74, 6) is 1.63. The Kier molecular flexibility index (Phi) is 4.31. The van der Waals surface area contributed by atoms with Gasteiger partial charge in [0.25, 0.3) is 0 Å². The topological polar surface area (TPSA) is 75.9 Å². The van der Waals surface area contributed by atoms with Gasteiger partial charge in [0.15, 0.2) is 5.82 Å². The molecule has 0 aliphatic rings. The van der Waals surface area contributed by atoms with Crippen LogP contribution in [0.5, 0.6) is 0 Å². The Bertz CT molecular complexity index is 564. The third kappa shape index (κ3) is 2.68. The van der Waals surface area contributed by atoms with Crippen molar-refractivity contribution in [2.75, 3.05) is 18.5 Å². The van der Waals surface area contributed by atoms with Crippen LogP contribution in [-0.4, -0.2) is 38.0 Å². The number of nitrogens with zero attached hydrogens (tertiary/aromatic N) is 4. The maximum Gasteiger partial charge on any atom is 0.156 e. The molecule has 0 atom stereocenters. The SMILES string of the molecule is CCc1nc(NCCCO)c2c(n1)c(C)nn2CC. The number of rotatable bonds is 6. The molecule has 2 aromatic rings. The molecule has 0 radical (unpaired) electrons. The lowest BCUT2D eigenvalue weighted by Crippen LogP contribution is -2.09. The van der Waals surface area contributed by atoms with Gasteiger partial charge in [-0.05, 0) is 20.3 Å². The number of aryl methyl sites for hydroxylation is 3. The van der Waals surface area contributed by atoms with Crippen molar-refractivity contribution in [2.45, 2.75) is 40.2 Å². The number of nitrogens with one attached hydrogen (secondary N) is 1. The second kappa shape index (κ2) is 5.97. The molecular formula is C13H21N5O. The molecule has 2 rings (SSSR count). The molecule has 104 valence electrons. The minimum absolute atomic E-state index is 0.175. The Labute approximate surface area is 112 Å². The highest BCUT2D eigenvalue weighted by Gasteiger charge is 2.15. The van der Waals surface area contributed by atoms with Crippen LogP contribution in [0.25, 0.3) is 11.0 Å². The largest absolute Gasteiger partial charge is 0.396 e. The van der Waals surface area contributed by atoms with E-state index in [1.807, 2.05) is 18.5 Å². The summed E-state index contributed by atoms with van der Waals surface area (Å²) in [7, 11) is 0. The molecule has 0 fully saturated rings. The Morgan fingerprint density at radius 1 is 1.26 bits per heavy atom. The Hall–Kier alpha value is -1.69. The fourth-order valence-corrected chi connectivity index (χ4v) is 2.07. The minimum Gasteiger partial charge on any atom is -0.396 e. The number of aliphatic hydroxyl groups is 1. The predicted molar refractivity (Wildman–Crippen MR) is 75.3 cm³/mol. The second-order valence-electron chi connectivity index (χ2n) is 4.44. The molecule has 2 N–H and O–H groups in total. The molecule has 6 heteroatoms. The van der Waals surface area contributed by atoms with Crippen LogP contribution in [0.2, 0.25) is 0 Å². The fourth-order valence-electron chi connectivity index (χ4n) is 2.07. The third-order valence-electron chi connectivity index (χ3n) is 3.04. The lowest BCUT2D eigenvalue weighted by molar-refractivity contribution is 0.292. The monoisotopic (exact) mass is 263 g/mol. The van der Waals surface area contributed by atoms with Crippen molar-refractivity contribution < 1.29 is 5.11 Å². The number of hydrogen-bond acceptors (Lipinski definition) is 5. The summed E-state index contributed by atoms with van der Waals surface area (Å²) in [5, 5.41) is 16.6. The van der Waals surface area contributed by atoms with Crippen LogP contribution in [0.1, 0.15) is 31.8 Å². The standard InChI is InChI=1S/C13H21N5O/c1-4-10-15-11-9(3)17-18(5-2)12(11)13(16-10)14-7-6-8-19/h19H,4-8H2,1-3H3,(H,14,15,16). The molecule has 0 aliphatic heterocycles. The molecule has 0 bridgehead atoms. The molecule has 0 saturated heterocycles. The van der Waals surface area contributed by atoms with Gasteiger partial charge < -0.3 is 10.4 Å². The van der Waals surface area contributed by atoms with Crippen LogP contribution in [0, 0.1) is 6.92 Å². The van der Waals surface area contributed by atoms with E-state index in [9.17, 15) is 0 Å². The number of fused-ring (bicyclic) bond motifs is 1. The van der Waals surface area contributed by atoms with E-state index >= 15 is 0 Å². The summed E-state index contributed by atoms with van der Waals surface area (Å²) in [5.41, 5.74) is 2.80. The third-order valence-corrected chi connectivity index (χ3v) is 3.04. The highest BCUT2D eigenvalue weighted by Crippen LogP contribution is 2.23. The fraction of sp³-hybridized carbons (Fsp3) is 0.615.